The third-order valence-electron chi connectivity index (χ3n) is 4.43. The van der Waals surface area contributed by atoms with Crippen molar-refractivity contribution in [2.24, 2.45) is 5.73 Å². The lowest BCUT2D eigenvalue weighted by Crippen LogP contribution is -2.44. The number of allylic oxidation sites excluding steroid dienone is 1. The van der Waals surface area contributed by atoms with Crippen LogP contribution in [0.25, 0.3) is 0 Å². The zero-order valence-corrected chi connectivity index (χ0v) is 19.5. The summed E-state index contributed by atoms with van der Waals surface area (Å²) in [6.45, 7) is 5.21. The third-order valence-corrected chi connectivity index (χ3v) is 5.20. The van der Waals surface area contributed by atoms with Crippen LogP contribution in [0.15, 0.2) is 46.8 Å². The van der Waals surface area contributed by atoms with E-state index in [1.54, 1.807) is 26.8 Å². The fourth-order valence-electron chi connectivity index (χ4n) is 3.25. The number of benzene rings is 1. The fraction of sp³-hybridized carbons (Fsp3) is 0.350. The number of nitrogens with one attached hydrogen (secondary N) is 1. The molecule has 174 valence electrons. The Balaban J connectivity index is 0.00000512. The van der Waals surface area contributed by atoms with Gasteiger partial charge >= 0.3 is 11.9 Å². The average molecular weight is 486 g/mol. The van der Waals surface area contributed by atoms with Crippen LogP contribution in [0, 0.1) is 10.1 Å². The molecule has 0 saturated carbocycles. The van der Waals surface area contributed by atoms with Crippen molar-refractivity contribution in [2.75, 3.05) is 19.0 Å². The standard InChI is InChI=1S/C20H24N4O6S.ClH/c1-4-29-18(25)15-11(3)23-14(10-31-20(21)22)17(19(26)30-5-2)16(15)12-7-6-8-13(9-12)24(27)28;/h6-9,16,23H,4-5,10H2,1-3H3,(H3,21,22);1H/p+1. The molecule has 0 fully saturated rings. The van der Waals surface area contributed by atoms with Crippen LogP contribution in [0.1, 0.15) is 32.3 Å². The molecule has 2 rings (SSSR count). The number of nitro benzene ring substituents is 1. The van der Waals surface area contributed by atoms with E-state index in [1.807, 2.05) is 0 Å². The van der Waals surface area contributed by atoms with E-state index in [2.05, 4.69) is 5.32 Å². The van der Waals surface area contributed by atoms with Crippen LogP contribution in [0.4, 0.5) is 5.69 Å². The molecule has 0 aliphatic carbocycles. The Bertz CT molecular complexity index is 979. The van der Waals surface area contributed by atoms with Gasteiger partial charge in [-0.1, -0.05) is 12.1 Å². The van der Waals surface area contributed by atoms with Gasteiger partial charge in [0, 0.05) is 29.3 Å². The molecule has 1 aliphatic heterocycles. The molecular weight excluding hydrogens is 460 g/mol. The summed E-state index contributed by atoms with van der Waals surface area (Å²) in [4.78, 5) is 36.6. The van der Waals surface area contributed by atoms with E-state index in [0.29, 0.717) is 17.0 Å². The lowest BCUT2D eigenvalue weighted by atomic mass is 9.80. The summed E-state index contributed by atoms with van der Waals surface area (Å²) in [5.74, 6) is -2.03. The zero-order valence-electron chi connectivity index (χ0n) is 17.9. The molecular formula is C20H26ClN4O6S+. The van der Waals surface area contributed by atoms with Crippen LogP contribution in [0.2, 0.25) is 0 Å². The Morgan fingerprint density at radius 1 is 1.22 bits per heavy atom. The van der Waals surface area contributed by atoms with Crippen LogP contribution in [0.5, 0.6) is 0 Å². The van der Waals surface area contributed by atoms with Crippen molar-refractivity contribution in [1.82, 2.24) is 5.32 Å². The molecule has 0 saturated heterocycles. The molecule has 1 aromatic carbocycles. The first-order chi connectivity index (χ1) is 14.7. The van der Waals surface area contributed by atoms with Gasteiger partial charge in [-0.3, -0.25) is 21.3 Å². The van der Waals surface area contributed by atoms with Gasteiger partial charge in [-0.05, 0) is 38.1 Å². The number of ether oxygens (including phenoxy) is 2. The molecule has 0 amide bonds. The Labute approximate surface area is 195 Å². The largest absolute Gasteiger partial charge is 0.463 e. The maximum Gasteiger partial charge on any atom is 0.336 e. The maximum atomic E-state index is 13.0. The summed E-state index contributed by atoms with van der Waals surface area (Å²) in [7, 11) is 0. The normalized spacial score (nSPS) is 15.4. The first-order valence-electron chi connectivity index (χ1n) is 9.51. The zero-order chi connectivity index (χ0) is 23.1. The highest BCUT2D eigenvalue weighted by atomic mass is 35.5. The van der Waals surface area contributed by atoms with E-state index in [1.165, 1.54) is 18.2 Å². The number of hydrogen-bond acceptors (Lipinski definition) is 8. The minimum absolute atomic E-state index is 0. The third kappa shape index (κ3) is 6.24. The average Bonchev–Trinajstić information content (AvgIpc) is 2.71. The number of dihydropyridines is 1. The molecule has 1 aliphatic rings. The number of amidine groups is 1. The maximum absolute atomic E-state index is 13.0. The molecule has 1 unspecified atom stereocenters. The van der Waals surface area contributed by atoms with Crippen molar-refractivity contribution in [3.05, 3.63) is 62.5 Å². The summed E-state index contributed by atoms with van der Waals surface area (Å²) in [5, 5.41) is 20.1. The summed E-state index contributed by atoms with van der Waals surface area (Å²) < 4.78 is 10.5. The van der Waals surface area contributed by atoms with Crippen molar-refractivity contribution in [2.45, 2.75) is 26.7 Å². The molecule has 0 aromatic heterocycles. The predicted molar refractivity (Wildman–Crippen MR) is 123 cm³/mol. The minimum atomic E-state index is -0.936. The molecule has 32 heavy (non-hydrogen) atoms. The van der Waals surface area contributed by atoms with Crippen LogP contribution >= 0.6 is 24.2 Å². The number of esters is 2. The summed E-state index contributed by atoms with van der Waals surface area (Å²) in [6, 6.07) is 5.77. The first-order valence-corrected chi connectivity index (χ1v) is 10.5. The number of nitro groups is 1. The highest BCUT2D eigenvalue weighted by Crippen LogP contribution is 2.40. The molecule has 1 atom stereocenters. The van der Waals surface area contributed by atoms with Crippen LogP contribution in [-0.4, -0.2) is 41.0 Å². The Kier molecular flexibility index (Phi) is 10.2. The number of thioether (sulfide) groups is 1. The van der Waals surface area contributed by atoms with Crippen molar-refractivity contribution in [3.63, 3.8) is 0 Å². The second-order valence-electron chi connectivity index (χ2n) is 6.47. The monoisotopic (exact) mass is 485 g/mol. The van der Waals surface area contributed by atoms with Crippen molar-refractivity contribution in [1.29, 1.82) is 0 Å². The lowest BCUT2D eigenvalue weighted by Gasteiger charge is -2.31. The van der Waals surface area contributed by atoms with Crippen LogP contribution in [-0.2, 0) is 19.1 Å². The van der Waals surface area contributed by atoms with Gasteiger partial charge in [0.25, 0.3) is 10.9 Å². The molecule has 5 N–H and O–H groups in total. The highest BCUT2D eigenvalue weighted by Gasteiger charge is 2.39. The van der Waals surface area contributed by atoms with Crippen molar-refractivity contribution < 1.29 is 29.4 Å². The number of hydrogen-bond donors (Lipinski definition) is 3. The number of nitrogens with zero attached hydrogens (tertiary/aromatic N) is 1. The number of carbonyl (C=O) groups excluding carboxylic acids is 2. The van der Waals surface area contributed by atoms with Gasteiger partial charge < -0.3 is 14.8 Å². The number of nitrogens with two attached hydrogens (primary N) is 2. The number of non-ortho nitro benzene ring substituents is 1. The molecule has 1 aromatic rings. The highest BCUT2D eigenvalue weighted by molar-refractivity contribution is 8.13. The molecule has 12 heteroatoms. The Morgan fingerprint density at radius 3 is 2.34 bits per heavy atom. The number of carbonyl (C=O) groups is 2. The molecule has 1 heterocycles. The SMILES string of the molecule is CCOC(=O)C1=C(C)NC(CSC(N)=[NH2+])=C(C(=O)OCC)C1c1cccc([N+](=O)[O-])c1.Cl. The van der Waals surface area contributed by atoms with Gasteiger partial charge in [-0.15, -0.1) is 12.4 Å². The topological polar surface area (TPSA) is 159 Å². The Hall–Kier alpha value is -3.05. The van der Waals surface area contributed by atoms with Crippen molar-refractivity contribution >= 4 is 47.0 Å². The summed E-state index contributed by atoms with van der Waals surface area (Å²) >= 11 is 1.10. The Morgan fingerprint density at radius 2 is 1.81 bits per heavy atom. The molecule has 0 radical (unpaired) electrons. The van der Waals surface area contributed by atoms with Gasteiger partial charge in [0.05, 0.1) is 35.2 Å². The molecule has 10 nitrogen and oxygen atoms in total. The van der Waals surface area contributed by atoms with E-state index in [-0.39, 0.29) is 53.4 Å². The fourth-order valence-corrected chi connectivity index (χ4v) is 3.79. The van der Waals surface area contributed by atoms with Crippen molar-refractivity contribution in [3.8, 4) is 0 Å². The van der Waals surface area contributed by atoms with E-state index >= 15 is 0 Å². The van der Waals surface area contributed by atoms with Gasteiger partial charge in [-0.2, -0.15) is 0 Å². The summed E-state index contributed by atoms with van der Waals surface area (Å²) in [6.07, 6.45) is 0. The van der Waals surface area contributed by atoms with E-state index in [4.69, 9.17) is 20.6 Å². The van der Waals surface area contributed by atoms with Gasteiger partial charge in [0.1, 0.15) is 0 Å². The summed E-state index contributed by atoms with van der Waals surface area (Å²) in [5.41, 5.74) is 6.99. The van der Waals surface area contributed by atoms with Gasteiger partial charge in [0.15, 0.2) is 0 Å². The van der Waals surface area contributed by atoms with E-state index < -0.39 is 22.8 Å². The van der Waals surface area contributed by atoms with E-state index in [9.17, 15) is 19.7 Å². The van der Waals surface area contributed by atoms with Gasteiger partial charge in [-0.25, -0.2) is 9.59 Å². The quantitative estimate of drug-likeness (QED) is 0.161. The molecule has 0 bridgehead atoms. The lowest BCUT2D eigenvalue weighted by molar-refractivity contribution is -0.384. The minimum Gasteiger partial charge on any atom is -0.463 e. The smallest absolute Gasteiger partial charge is 0.336 e. The van der Waals surface area contributed by atoms with Crippen LogP contribution in [0.3, 0.4) is 0 Å². The number of rotatable bonds is 8. The predicted octanol–water partition coefficient (Wildman–Crippen LogP) is 1.16. The van der Waals surface area contributed by atoms with E-state index in [0.717, 1.165) is 11.8 Å². The van der Waals surface area contributed by atoms with Crippen LogP contribution < -0.4 is 16.5 Å². The molecule has 0 spiro atoms. The number of halogens is 1. The second kappa shape index (κ2) is 12.1. The second-order valence-corrected chi connectivity index (χ2v) is 7.52. The first kappa shape index (κ1) is 27.0. The van der Waals surface area contributed by atoms with Gasteiger partial charge in [0.2, 0.25) is 0 Å².